The molecular formula is C14H36O4Si3. The zero-order chi connectivity index (χ0) is 16.9. The number of hydrogen-bond donors (Lipinski definition) is 0. The fourth-order valence-corrected chi connectivity index (χ4v) is 14.0. The fourth-order valence-electron chi connectivity index (χ4n) is 2.00. The third-order valence-electron chi connectivity index (χ3n) is 2.51. The molecule has 0 atom stereocenters. The van der Waals surface area contributed by atoms with Crippen LogP contribution in [0.25, 0.3) is 0 Å². The Balaban J connectivity index is 4.52. The second kappa shape index (κ2) is 8.37. The van der Waals surface area contributed by atoms with Gasteiger partial charge in [0.05, 0.1) is 0 Å². The van der Waals surface area contributed by atoms with Crippen LogP contribution >= 0.6 is 0 Å². The van der Waals surface area contributed by atoms with Gasteiger partial charge >= 0.3 is 25.7 Å². The average molecular weight is 353 g/mol. The summed E-state index contributed by atoms with van der Waals surface area (Å²) in [6.07, 6.45) is 0. The number of rotatable bonds is 10. The van der Waals surface area contributed by atoms with Crippen molar-refractivity contribution in [3.05, 3.63) is 0 Å². The van der Waals surface area contributed by atoms with Gasteiger partial charge in [-0.15, -0.1) is 0 Å². The smallest absolute Gasteiger partial charge is 0.322 e. The summed E-state index contributed by atoms with van der Waals surface area (Å²) in [4.78, 5) is 0. The van der Waals surface area contributed by atoms with E-state index in [1.54, 1.807) is 0 Å². The molecule has 21 heavy (non-hydrogen) atoms. The maximum Gasteiger partial charge on any atom is 0.322 e. The highest BCUT2D eigenvalue weighted by atomic mass is 28.5. The Labute approximate surface area is 135 Å². The molecule has 0 saturated carbocycles. The Morgan fingerprint density at radius 3 is 1.10 bits per heavy atom. The summed E-state index contributed by atoms with van der Waals surface area (Å²) in [5.74, 6) is 1.04. The summed E-state index contributed by atoms with van der Waals surface area (Å²) in [5.41, 5.74) is 0. The van der Waals surface area contributed by atoms with Crippen LogP contribution < -0.4 is 0 Å². The summed E-state index contributed by atoms with van der Waals surface area (Å²) in [7, 11) is -6.53. The molecular weight excluding hydrogens is 316 g/mol. The van der Waals surface area contributed by atoms with Crippen LogP contribution in [0.15, 0.2) is 0 Å². The van der Waals surface area contributed by atoms with Crippen LogP contribution in [0.2, 0.25) is 39.3 Å². The summed E-state index contributed by atoms with van der Waals surface area (Å²) in [6.45, 7) is 22.7. The SMILES string of the molecule is CC(C)CO[Si](C)(C)O[Si](C)(C)O[Si](C)(C)OCC(C)C. The van der Waals surface area contributed by atoms with Gasteiger partial charge in [0.2, 0.25) is 0 Å². The molecule has 0 rings (SSSR count). The molecule has 0 aliphatic heterocycles. The molecule has 4 nitrogen and oxygen atoms in total. The quantitative estimate of drug-likeness (QED) is 0.544. The molecule has 0 aliphatic rings. The van der Waals surface area contributed by atoms with Crippen LogP contribution in [-0.4, -0.2) is 38.9 Å². The molecule has 0 amide bonds. The zero-order valence-electron chi connectivity index (χ0n) is 15.7. The molecule has 0 bridgehead atoms. The van der Waals surface area contributed by atoms with E-state index in [2.05, 4.69) is 67.0 Å². The molecule has 7 heteroatoms. The van der Waals surface area contributed by atoms with Gasteiger partial charge < -0.3 is 17.1 Å². The van der Waals surface area contributed by atoms with Crippen molar-refractivity contribution in [2.24, 2.45) is 11.8 Å². The van der Waals surface area contributed by atoms with Crippen LogP contribution in [0.5, 0.6) is 0 Å². The van der Waals surface area contributed by atoms with E-state index < -0.39 is 25.7 Å². The topological polar surface area (TPSA) is 36.9 Å². The second-order valence-corrected chi connectivity index (χ2v) is 18.4. The third-order valence-corrected chi connectivity index (χ3v) is 12.1. The minimum Gasteiger partial charge on any atom is -0.415 e. The Kier molecular flexibility index (Phi) is 8.57. The largest absolute Gasteiger partial charge is 0.415 e. The standard InChI is InChI=1S/C14H36O4Si3/c1-13(2)11-15-19(5,6)17-21(9,10)18-20(7,8)16-12-14(3)4/h13-14H,11-12H2,1-10H3. The van der Waals surface area contributed by atoms with Gasteiger partial charge in [0.1, 0.15) is 0 Å². The van der Waals surface area contributed by atoms with Crippen LogP contribution in [0.4, 0.5) is 0 Å². The van der Waals surface area contributed by atoms with Gasteiger partial charge in [-0.05, 0) is 51.1 Å². The Bertz CT molecular complexity index is 277. The molecule has 0 aliphatic carbocycles. The normalized spacial score (nSPS) is 14.3. The highest BCUT2D eigenvalue weighted by Gasteiger charge is 2.41. The van der Waals surface area contributed by atoms with Crippen molar-refractivity contribution < 1.29 is 17.1 Å². The molecule has 0 radical (unpaired) electrons. The highest BCUT2D eigenvalue weighted by Crippen LogP contribution is 2.22. The first kappa shape index (κ1) is 21.5. The van der Waals surface area contributed by atoms with Crippen LogP contribution in [-0.2, 0) is 17.1 Å². The highest BCUT2D eigenvalue weighted by molar-refractivity contribution is 6.84. The van der Waals surface area contributed by atoms with E-state index in [-0.39, 0.29) is 0 Å². The zero-order valence-corrected chi connectivity index (χ0v) is 18.7. The molecule has 0 spiro atoms. The summed E-state index contributed by atoms with van der Waals surface area (Å²) in [6, 6.07) is 0. The second-order valence-electron chi connectivity index (χ2n) is 7.81. The lowest BCUT2D eigenvalue weighted by Gasteiger charge is -2.38. The summed E-state index contributed by atoms with van der Waals surface area (Å²) < 4.78 is 24.6. The maximum absolute atomic E-state index is 6.31. The first-order valence-corrected chi connectivity index (χ1v) is 16.4. The van der Waals surface area contributed by atoms with Gasteiger partial charge in [-0.2, -0.15) is 0 Å². The van der Waals surface area contributed by atoms with Gasteiger partial charge in [-0.3, -0.25) is 0 Å². The minimum atomic E-state index is -2.24. The first-order chi connectivity index (χ1) is 9.25. The fraction of sp³-hybridized carbons (Fsp3) is 1.00. The third kappa shape index (κ3) is 11.7. The molecule has 0 saturated heterocycles. The lowest BCUT2D eigenvalue weighted by atomic mass is 10.2. The van der Waals surface area contributed by atoms with Gasteiger partial charge in [-0.1, -0.05) is 27.7 Å². The van der Waals surface area contributed by atoms with Gasteiger partial charge in [-0.25, -0.2) is 0 Å². The van der Waals surface area contributed by atoms with Gasteiger partial charge in [0.25, 0.3) is 0 Å². The molecule has 128 valence electrons. The van der Waals surface area contributed by atoms with Crippen molar-refractivity contribution >= 4 is 25.7 Å². The van der Waals surface area contributed by atoms with Crippen molar-refractivity contribution in [2.45, 2.75) is 67.0 Å². The first-order valence-electron chi connectivity index (χ1n) is 7.93. The van der Waals surface area contributed by atoms with Crippen molar-refractivity contribution in [3.8, 4) is 0 Å². The molecule has 0 fully saturated rings. The van der Waals surface area contributed by atoms with Crippen molar-refractivity contribution in [1.29, 1.82) is 0 Å². The van der Waals surface area contributed by atoms with Crippen LogP contribution in [0.3, 0.4) is 0 Å². The lowest BCUT2D eigenvalue weighted by Crippen LogP contribution is -2.54. The van der Waals surface area contributed by atoms with E-state index in [9.17, 15) is 0 Å². The van der Waals surface area contributed by atoms with Gasteiger partial charge in [0.15, 0.2) is 0 Å². The Hall–Kier alpha value is 0.491. The van der Waals surface area contributed by atoms with E-state index in [0.717, 1.165) is 13.2 Å². The van der Waals surface area contributed by atoms with E-state index >= 15 is 0 Å². The van der Waals surface area contributed by atoms with Crippen molar-refractivity contribution in [1.82, 2.24) is 0 Å². The minimum absolute atomic E-state index is 0.520. The molecule has 0 aromatic carbocycles. The van der Waals surface area contributed by atoms with E-state index in [1.807, 2.05) is 0 Å². The molecule has 0 aromatic rings. The molecule has 0 unspecified atom stereocenters. The van der Waals surface area contributed by atoms with Crippen LogP contribution in [0.1, 0.15) is 27.7 Å². The predicted molar refractivity (Wildman–Crippen MR) is 96.2 cm³/mol. The van der Waals surface area contributed by atoms with Crippen molar-refractivity contribution in [2.75, 3.05) is 13.2 Å². The number of hydrogen-bond acceptors (Lipinski definition) is 4. The van der Waals surface area contributed by atoms with E-state index in [4.69, 9.17) is 17.1 Å². The van der Waals surface area contributed by atoms with Crippen LogP contribution in [0, 0.1) is 11.8 Å². The van der Waals surface area contributed by atoms with Crippen molar-refractivity contribution in [3.63, 3.8) is 0 Å². The van der Waals surface area contributed by atoms with E-state index in [0.29, 0.717) is 11.8 Å². The Morgan fingerprint density at radius 2 is 0.857 bits per heavy atom. The Morgan fingerprint density at radius 1 is 0.571 bits per heavy atom. The van der Waals surface area contributed by atoms with E-state index in [1.165, 1.54) is 0 Å². The average Bonchev–Trinajstić information content (AvgIpc) is 2.21. The monoisotopic (exact) mass is 352 g/mol. The predicted octanol–water partition coefficient (Wildman–Crippen LogP) is 4.47. The maximum atomic E-state index is 6.31. The summed E-state index contributed by atoms with van der Waals surface area (Å²) >= 11 is 0. The lowest BCUT2D eigenvalue weighted by molar-refractivity contribution is 0.181. The molecule has 0 N–H and O–H groups in total. The molecule has 0 aromatic heterocycles. The summed E-state index contributed by atoms with van der Waals surface area (Å²) in [5, 5.41) is 0. The molecule has 0 heterocycles. The van der Waals surface area contributed by atoms with Gasteiger partial charge in [0, 0.05) is 13.2 Å².